The number of hydrogen-bond donors (Lipinski definition) is 2. The lowest BCUT2D eigenvalue weighted by Crippen LogP contribution is -2.53. The first-order valence-electron chi connectivity index (χ1n) is 23.0. The topological polar surface area (TPSA) is 157 Å². The average Bonchev–Trinajstić information content (AvgIpc) is 4.09. The lowest BCUT2D eigenvalue weighted by atomic mass is 9.96. The molecule has 2 aliphatic rings. The van der Waals surface area contributed by atoms with E-state index in [9.17, 15) is 19.2 Å². The molecule has 0 spiro atoms. The Hall–Kier alpha value is -5.66. The van der Waals surface area contributed by atoms with E-state index in [1.165, 1.54) is 9.80 Å². The number of benzene rings is 2. The predicted octanol–water partition coefficient (Wildman–Crippen LogP) is 10.0. The third-order valence-corrected chi connectivity index (χ3v) is 12.7. The highest BCUT2D eigenvalue weighted by Gasteiger charge is 2.43. The van der Waals surface area contributed by atoms with Crippen LogP contribution < -0.4 is 0 Å². The van der Waals surface area contributed by atoms with Crippen molar-refractivity contribution >= 4 is 24.0 Å². The fourth-order valence-corrected chi connectivity index (χ4v) is 8.88. The molecular formula is C50H70N8O6. The quantitative estimate of drug-likeness (QED) is 0.134. The molecule has 0 aliphatic carbocycles. The van der Waals surface area contributed by atoms with Gasteiger partial charge < -0.3 is 29.2 Å². The molecule has 6 atom stereocenters. The van der Waals surface area contributed by atoms with Gasteiger partial charge in [0.2, 0.25) is 11.8 Å². The van der Waals surface area contributed by atoms with Crippen LogP contribution in [0.2, 0.25) is 0 Å². The van der Waals surface area contributed by atoms with Crippen LogP contribution in [0.5, 0.6) is 0 Å². The van der Waals surface area contributed by atoms with E-state index in [4.69, 9.17) is 19.4 Å². The number of likely N-dealkylation sites (tertiary alicyclic amines) is 2. The molecule has 4 aromatic rings. The van der Waals surface area contributed by atoms with Crippen molar-refractivity contribution in [2.45, 2.75) is 143 Å². The lowest BCUT2D eigenvalue weighted by molar-refractivity contribution is -0.140. The molecule has 2 saturated heterocycles. The Kier molecular flexibility index (Phi) is 14.6. The van der Waals surface area contributed by atoms with E-state index in [-0.39, 0.29) is 35.7 Å². The Bertz CT molecular complexity index is 2080. The van der Waals surface area contributed by atoms with Crippen LogP contribution in [0.15, 0.2) is 60.9 Å². The number of amides is 4. The summed E-state index contributed by atoms with van der Waals surface area (Å²) in [5, 5.41) is 0. The molecule has 1 unspecified atom stereocenters. The molecule has 346 valence electrons. The summed E-state index contributed by atoms with van der Waals surface area (Å²) in [5.41, 5.74) is 4.47. The number of carbonyl (C=O) groups excluding carboxylic acids is 4. The fourth-order valence-electron chi connectivity index (χ4n) is 8.88. The summed E-state index contributed by atoms with van der Waals surface area (Å²) in [6, 6.07) is 14.9. The third-order valence-electron chi connectivity index (χ3n) is 12.7. The molecule has 64 heavy (non-hydrogen) atoms. The van der Waals surface area contributed by atoms with Crippen molar-refractivity contribution in [2.75, 3.05) is 27.2 Å². The van der Waals surface area contributed by atoms with Crippen LogP contribution in [0.1, 0.15) is 131 Å². The van der Waals surface area contributed by atoms with Crippen molar-refractivity contribution < 1.29 is 28.7 Å². The van der Waals surface area contributed by atoms with Crippen LogP contribution in [0, 0.1) is 11.8 Å². The monoisotopic (exact) mass is 879 g/mol. The molecule has 2 aromatic heterocycles. The molecule has 2 aromatic carbocycles. The number of hydrogen-bond acceptors (Lipinski definition) is 8. The summed E-state index contributed by atoms with van der Waals surface area (Å²) in [7, 11) is 3.31. The number of likely N-dealkylation sites (N-methyl/N-ethyl adjacent to an activating group) is 2. The minimum Gasteiger partial charge on any atom is -0.444 e. The first-order valence-corrected chi connectivity index (χ1v) is 23.0. The maximum Gasteiger partial charge on any atom is 0.410 e. The number of H-pyrrole nitrogens is 2. The summed E-state index contributed by atoms with van der Waals surface area (Å²) in [5.74, 6) is 1.17. The highest BCUT2D eigenvalue weighted by molar-refractivity contribution is 5.87. The third kappa shape index (κ3) is 10.8. The van der Waals surface area contributed by atoms with Crippen LogP contribution in [-0.2, 0) is 19.1 Å². The van der Waals surface area contributed by atoms with Crippen molar-refractivity contribution in [2.24, 2.45) is 11.8 Å². The van der Waals surface area contributed by atoms with E-state index in [2.05, 4.69) is 58.5 Å². The maximum absolute atomic E-state index is 14.2. The Labute approximate surface area is 379 Å². The Morgan fingerprint density at radius 1 is 0.625 bits per heavy atom. The summed E-state index contributed by atoms with van der Waals surface area (Å²) in [6.07, 6.45) is 7.37. The SMILES string of the molecule is CC[C@H](C)[C@@H](C(=O)N1CCCC1c1ncc(-c2ccc(-c3ccc(-c4cnc([C@@H]5CCCN5C(=O)[C@H]([C@@H](C)CC)N(C)C(=O)OC(C)(C)C)[nH]4)cc3)cc2)[nH]1)N(C)C(=O)OC(C)(C)C. The smallest absolute Gasteiger partial charge is 0.410 e. The van der Waals surface area contributed by atoms with Crippen molar-refractivity contribution in [3.8, 4) is 33.6 Å². The Balaban J connectivity index is 1.11. The van der Waals surface area contributed by atoms with Crippen molar-refractivity contribution in [1.29, 1.82) is 0 Å². The summed E-state index contributed by atoms with van der Waals surface area (Å²) in [4.78, 5) is 77.8. The summed E-state index contributed by atoms with van der Waals surface area (Å²) in [6.45, 7) is 20.2. The molecular weight excluding hydrogens is 809 g/mol. The molecule has 6 rings (SSSR count). The molecule has 4 amide bonds. The zero-order valence-corrected chi connectivity index (χ0v) is 40.0. The molecule has 14 heteroatoms. The molecule has 14 nitrogen and oxygen atoms in total. The van der Waals surface area contributed by atoms with Crippen LogP contribution in [-0.4, -0.2) is 114 Å². The van der Waals surface area contributed by atoms with Gasteiger partial charge in [0.15, 0.2) is 0 Å². The van der Waals surface area contributed by atoms with Gasteiger partial charge in [0.05, 0.1) is 35.9 Å². The Morgan fingerprint density at radius 2 is 0.953 bits per heavy atom. The van der Waals surface area contributed by atoms with Crippen LogP contribution in [0.3, 0.4) is 0 Å². The lowest BCUT2D eigenvalue weighted by Gasteiger charge is -2.36. The maximum atomic E-state index is 14.2. The van der Waals surface area contributed by atoms with Crippen LogP contribution in [0.4, 0.5) is 9.59 Å². The van der Waals surface area contributed by atoms with Gasteiger partial charge in [0, 0.05) is 27.2 Å². The second-order valence-electron chi connectivity index (χ2n) is 19.7. The zero-order valence-electron chi connectivity index (χ0n) is 40.0. The molecule has 0 radical (unpaired) electrons. The standard InChI is InChI=1S/C50H70N8O6/c1-13-31(3)41(55(11)47(61)63-49(5,6)7)45(59)57-27-15-17-39(57)43-51-29-37(53-43)35-23-19-33(20-24-35)34-21-25-36(26-22-34)38-30-52-44(54-38)40-18-16-28-58(40)46(60)42(32(4)14-2)56(12)48(62)64-50(8,9)10/h19-26,29-32,39-42H,13-18,27-28H2,1-12H3,(H,51,53)(H,52,54)/t31-,32-,39-,40?,41-,42-/m0/s1. The second-order valence-corrected chi connectivity index (χ2v) is 19.7. The second kappa shape index (κ2) is 19.6. The van der Waals surface area contributed by atoms with Gasteiger partial charge in [-0.05, 0) is 101 Å². The van der Waals surface area contributed by atoms with Gasteiger partial charge in [0.1, 0.15) is 34.9 Å². The van der Waals surface area contributed by atoms with Crippen molar-refractivity contribution in [1.82, 2.24) is 39.5 Å². The number of imidazole rings is 2. The number of nitrogens with zero attached hydrogens (tertiary/aromatic N) is 6. The number of carbonyl (C=O) groups is 4. The van der Waals surface area contributed by atoms with E-state index in [1.807, 2.05) is 91.4 Å². The number of ether oxygens (including phenoxy) is 2. The zero-order chi connectivity index (χ0) is 46.7. The normalized spacial score (nSPS) is 18.6. The van der Waals surface area contributed by atoms with E-state index in [0.717, 1.165) is 83.8 Å². The molecule has 2 N–H and O–H groups in total. The van der Waals surface area contributed by atoms with Gasteiger partial charge in [-0.2, -0.15) is 0 Å². The molecule has 4 heterocycles. The first-order chi connectivity index (χ1) is 30.2. The molecule has 2 aliphatic heterocycles. The van der Waals surface area contributed by atoms with Gasteiger partial charge >= 0.3 is 12.2 Å². The number of rotatable bonds is 13. The van der Waals surface area contributed by atoms with Crippen LogP contribution >= 0.6 is 0 Å². The molecule has 2 fully saturated rings. The largest absolute Gasteiger partial charge is 0.444 e. The predicted molar refractivity (Wildman–Crippen MR) is 249 cm³/mol. The van der Waals surface area contributed by atoms with E-state index in [1.54, 1.807) is 14.1 Å². The minimum absolute atomic E-state index is 0.0612. The Morgan fingerprint density at radius 3 is 1.27 bits per heavy atom. The molecule has 0 saturated carbocycles. The van der Waals surface area contributed by atoms with E-state index in [0.29, 0.717) is 13.1 Å². The van der Waals surface area contributed by atoms with Crippen molar-refractivity contribution in [3.63, 3.8) is 0 Å². The summed E-state index contributed by atoms with van der Waals surface area (Å²) >= 11 is 0. The van der Waals surface area contributed by atoms with E-state index >= 15 is 0 Å². The van der Waals surface area contributed by atoms with Gasteiger partial charge in [-0.15, -0.1) is 0 Å². The summed E-state index contributed by atoms with van der Waals surface area (Å²) < 4.78 is 11.3. The van der Waals surface area contributed by atoms with Crippen molar-refractivity contribution in [3.05, 3.63) is 72.6 Å². The van der Waals surface area contributed by atoms with Gasteiger partial charge in [0.25, 0.3) is 0 Å². The van der Waals surface area contributed by atoms with E-state index < -0.39 is 35.5 Å². The average molecular weight is 879 g/mol. The van der Waals surface area contributed by atoms with Gasteiger partial charge in [-0.1, -0.05) is 89.1 Å². The number of aromatic nitrogens is 4. The number of aromatic amines is 2. The van der Waals surface area contributed by atoms with Gasteiger partial charge in [-0.25, -0.2) is 19.6 Å². The minimum atomic E-state index is -0.668. The highest BCUT2D eigenvalue weighted by Crippen LogP contribution is 2.36. The first kappa shape index (κ1) is 47.8. The fraction of sp³-hybridized carbons (Fsp3) is 0.560. The number of nitrogens with one attached hydrogen (secondary N) is 2. The molecule has 0 bridgehead atoms. The highest BCUT2D eigenvalue weighted by atomic mass is 16.6. The van der Waals surface area contributed by atoms with Gasteiger partial charge in [-0.3, -0.25) is 19.4 Å². The van der Waals surface area contributed by atoms with Crippen LogP contribution in [0.25, 0.3) is 33.6 Å².